The Hall–Kier alpha value is -1.30. The van der Waals surface area contributed by atoms with Crippen molar-refractivity contribution in [2.75, 3.05) is 0 Å². The predicted molar refractivity (Wildman–Crippen MR) is 62.0 cm³/mol. The lowest BCUT2D eigenvalue weighted by atomic mass is 9.97. The zero-order valence-corrected chi connectivity index (χ0v) is 8.83. The lowest BCUT2D eigenvalue weighted by Gasteiger charge is -2.08. The van der Waals surface area contributed by atoms with E-state index in [1.165, 1.54) is 23.1 Å². The highest BCUT2D eigenvalue weighted by atomic mass is 14.2. The zero-order valence-electron chi connectivity index (χ0n) is 8.83. The fourth-order valence-corrected chi connectivity index (χ4v) is 2.07. The molecule has 0 N–H and O–H groups in total. The normalized spacial score (nSPS) is 20.6. The van der Waals surface area contributed by atoms with Gasteiger partial charge in [-0.05, 0) is 30.4 Å². The van der Waals surface area contributed by atoms with Gasteiger partial charge in [0.05, 0.1) is 0 Å². The molecule has 0 aromatic heterocycles. The molecule has 1 aliphatic rings. The van der Waals surface area contributed by atoms with Crippen LogP contribution in [0.3, 0.4) is 0 Å². The number of benzene rings is 1. The third-order valence-electron chi connectivity index (χ3n) is 3.00. The fraction of sp³-hybridized carbons (Fsp3) is 0.286. The first-order chi connectivity index (χ1) is 6.83. The molecule has 0 amide bonds. The zero-order chi connectivity index (χ0) is 9.97. The molecule has 1 atom stereocenters. The van der Waals surface area contributed by atoms with Crippen molar-refractivity contribution < 1.29 is 0 Å². The quantitative estimate of drug-likeness (QED) is 0.650. The first-order valence-electron chi connectivity index (χ1n) is 5.27. The molecule has 0 saturated heterocycles. The summed E-state index contributed by atoms with van der Waals surface area (Å²) < 4.78 is 0. The Morgan fingerprint density at radius 1 is 1.14 bits per heavy atom. The summed E-state index contributed by atoms with van der Waals surface area (Å²) in [4.78, 5) is 0. The van der Waals surface area contributed by atoms with Gasteiger partial charge < -0.3 is 0 Å². The van der Waals surface area contributed by atoms with Gasteiger partial charge in [0.15, 0.2) is 0 Å². The molecule has 1 aliphatic carbocycles. The molecule has 0 saturated carbocycles. The van der Waals surface area contributed by atoms with E-state index in [2.05, 4.69) is 56.3 Å². The van der Waals surface area contributed by atoms with Gasteiger partial charge in [0.25, 0.3) is 0 Å². The number of rotatable bonds is 2. The molecular weight excluding hydrogens is 168 g/mol. The summed E-state index contributed by atoms with van der Waals surface area (Å²) in [5.74, 6) is 0.658. The molecule has 0 fully saturated rings. The summed E-state index contributed by atoms with van der Waals surface area (Å²) in [6.45, 7) is 4.49. The van der Waals surface area contributed by atoms with Gasteiger partial charge in [-0.1, -0.05) is 55.0 Å². The molecule has 0 bridgehead atoms. The summed E-state index contributed by atoms with van der Waals surface area (Å²) in [5, 5.41) is 0. The molecule has 0 radical (unpaired) electrons. The van der Waals surface area contributed by atoms with Crippen LogP contribution in [0.4, 0.5) is 0 Å². The lowest BCUT2D eigenvalue weighted by Crippen LogP contribution is -1.92. The number of allylic oxidation sites excluding steroid dienone is 4. The van der Waals surface area contributed by atoms with Gasteiger partial charge in [0, 0.05) is 0 Å². The summed E-state index contributed by atoms with van der Waals surface area (Å²) >= 11 is 0. The largest absolute Gasteiger partial charge is 0.0767 e. The van der Waals surface area contributed by atoms with E-state index in [1.54, 1.807) is 0 Å². The van der Waals surface area contributed by atoms with Crippen LogP contribution in [0.25, 0.3) is 5.57 Å². The van der Waals surface area contributed by atoms with Crippen LogP contribution in [0.5, 0.6) is 0 Å². The molecule has 1 aromatic carbocycles. The molecule has 14 heavy (non-hydrogen) atoms. The molecule has 0 heterocycles. The van der Waals surface area contributed by atoms with E-state index in [9.17, 15) is 0 Å². The second kappa shape index (κ2) is 3.83. The maximum Gasteiger partial charge on any atom is -0.00161 e. The first kappa shape index (κ1) is 9.26. The van der Waals surface area contributed by atoms with Gasteiger partial charge in [-0.2, -0.15) is 0 Å². The first-order valence-corrected chi connectivity index (χ1v) is 5.27. The van der Waals surface area contributed by atoms with Gasteiger partial charge in [-0.25, -0.2) is 0 Å². The van der Waals surface area contributed by atoms with Crippen LogP contribution in [-0.4, -0.2) is 0 Å². The number of hydrogen-bond acceptors (Lipinski definition) is 0. The average molecular weight is 184 g/mol. The van der Waals surface area contributed by atoms with E-state index >= 15 is 0 Å². The Labute approximate surface area is 86.0 Å². The van der Waals surface area contributed by atoms with Gasteiger partial charge in [-0.15, -0.1) is 0 Å². The van der Waals surface area contributed by atoms with Gasteiger partial charge in [0.1, 0.15) is 0 Å². The Morgan fingerprint density at radius 3 is 2.43 bits per heavy atom. The molecule has 2 rings (SSSR count). The van der Waals surface area contributed by atoms with E-state index in [-0.39, 0.29) is 0 Å². The lowest BCUT2D eigenvalue weighted by molar-refractivity contribution is 0.740. The Bertz CT molecular complexity index is 368. The molecular formula is C14H16. The Kier molecular flexibility index (Phi) is 2.53. The SMILES string of the molecule is CCC1C=CC(c2ccccc2)=C1C. The van der Waals surface area contributed by atoms with Crippen molar-refractivity contribution in [1.29, 1.82) is 0 Å². The number of hydrogen-bond donors (Lipinski definition) is 0. The van der Waals surface area contributed by atoms with E-state index in [0.29, 0.717) is 5.92 Å². The third kappa shape index (κ3) is 1.52. The van der Waals surface area contributed by atoms with Crippen molar-refractivity contribution in [2.24, 2.45) is 5.92 Å². The highest BCUT2D eigenvalue weighted by Crippen LogP contribution is 2.33. The molecule has 1 aromatic rings. The van der Waals surface area contributed by atoms with Crippen molar-refractivity contribution >= 4 is 5.57 Å². The third-order valence-corrected chi connectivity index (χ3v) is 3.00. The van der Waals surface area contributed by atoms with E-state index in [0.717, 1.165) is 0 Å². The van der Waals surface area contributed by atoms with E-state index < -0.39 is 0 Å². The molecule has 1 unspecified atom stereocenters. The van der Waals surface area contributed by atoms with Crippen LogP contribution < -0.4 is 0 Å². The van der Waals surface area contributed by atoms with E-state index in [4.69, 9.17) is 0 Å². The average Bonchev–Trinajstić information content (AvgIpc) is 2.61. The Morgan fingerprint density at radius 2 is 1.86 bits per heavy atom. The minimum atomic E-state index is 0.658. The topological polar surface area (TPSA) is 0 Å². The van der Waals surface area contributed by atoms with E-state index in [1.807, 2.05) is 0 Å². The summed E-state index contributed by atoms with van der Waals surface area (Å²) in [6, 6.07) is 10.6. The molecule has 0 heteroatoms. The second-order valence-electron chi connectivity index (χ2n) is 3.84. The summed E-state index contributed by atoms with van der Waals surface area (Å²) in [5.41, 5.74) is 4.27. The standard InChI is InChI=1S/C14H16/c1-3-12-9-10-14(11(12)2)13-7-5-4-6-8-13/h4-10,12H,3H2,1-2H3. The summed E-state index contributed by atoms with van der Waals surface area (Å²) in [7, 11) is 0. The van der Waals surface area contributed by atoms with Crippen LogP contribution in [0, 0.1) is 5.92 Å². The van der Waals surface area contributed by atoms with Gasteiger partial charge in [0.2, 0.25) is 0 Å². The molecule has 72 valence electrons. The Balaban J connectivity index is 2.37. The predicted octanol–water partition coefficient (Wildman–Crippen LogP) is 4.06. The van der Waals surface area contributed by atoms with Crippen LogP contribution in [0.2, 0.25) is 0 Å². The molecule has 0 spiro atoms. The maximum atomic E-state index is 2.32. The van der Waals surface area contributed by atoms with Crippen LogP contribution in [0.1, 0.15) is 25.8 Å². The highest BCUT2D eigenvalue weighted by Gasteiger charge is 2.15. The van der Waals surface area contributed by atoms with Crippen LogP contribution in [-0.2, 0) is 0 Å². The van der Waals surface area contributed by atoms with Crippen LogP contribution in [0.15, 0.2) is 48.1 Å². The van der Waals surface area contributed by atoms with Crippen molar-refractivity contribution in [1.82, 2.24) is 0 Å². The minimum absolute atomic E-state index is 0.658. The van der Waals surface area contributed by atoms with Crippen molar-refractivity contribution in [2.45, 2.75) is 20.3 Å². The minimum Gasteiger partial charge on any atom is -0.0767 e. The highest BCUT2D eigenvalue weighted by molar-refractivity contribution is 5.79. The van der Waals surface area contributed by atoms with Crippen molar-refractivity contribution in [3.8, 4) is 0 Å². The molecule has 0 aliphatic heterocycles. The van der Waals surface area contributed by atoms with Crippen molar-refractivity contribution in [3.63, 3.8) is 0 Å². The smallest absolute Gasteiger partial charge is 0.00161 e. The van der Waals surface area contributed by atoms with Crippen molar-refractivity contribution in [3.05, 3.63) is 53.6 Å². The molecule has 0 nitrogen and oxygen atoms in total. The van der Waals surface area contributed by atoms with Gasteiger partial charge >= 0.3 is 0 Å². The summed E-state index contributed by atoms with van der Waals surface area (Å²) in [6.07, 6.45) is 5.79. The monoisotopic (exact) mass is 184 g/mol. The maximum absolute atomic E-state index is 2.32. The fourth-order valence-electron chi connectivity index (χ4n) is 2.07. The van der Waals surface area contributed by atoms with Gasteiger partial charge in [-0.3, -0.25) is 0 Å². The second-order valence-corrected chi connectivity index (χ2v) is 3.84. The van der Waals surface area contributed by atoms with Crippen LogP contribution >= 0.6 is 0 Å².